The van der Waals surface area contributed by atoms with Crippen LogP contribution in [0.25, 0.3) is 10.9 Å². The highest BCUT2D eigenvalue weighted by Crippen LogP contribution is 2.34. The number of aliphatic carboxylic acids is 1. The Kier molecular flexibility index (Phi) is 9.70. The van der Waals surface area contributed by atoms with E-state index in [-0.39, 0.29) is 24.2 Å². The molecule has 1 aliphatic rings. The van der Waals surface area contributed by atoms with Crippen molar-refractivity contribution in [2.45, 2.75) is 38.7 Å². The molecule has 3 aromatic rings. The zero-order chi connectivity index (χ0) is 28.6. The van der Waals surface area contributed by atoms with Gasteiger partial charge in [-0.15, -0.1) is 0 Å². The molecule has 210 valence electrons. The highest BCUT2D eigenvalue weighted by molar-refractivity contribution is 5.90. The number of carbonyl (C=O) groups excluding carboxylic acids is 1. The minimum atomic E-state index is -0.851. The Morgan fingerprint density at radius 1 is 1.23 bits per heavy atom. The van der Waals surface area contributed by atoms with E-state index in [0.29, 0.717) is 42.9 Å². The second kappa shape index (κ2) is 13.4. The van der Waals surface area contributed by atoms with Crippen LogP contribution in [0.5, 0.6) is 5.75 Å². The number of hydrogen-bond donors (Lipinski definition) is 3. The van der Waals surface area contributed by atoms with Gasteiger partial charge in [-0.25, -0.2) is 4.39 Å². The minimum Gasteiger partial charge on any atom is -0.497 e. The zero-order valence-electron chi connectivity index (χ0n) is 22.7. The maximum absolute atomic E-state index is 13.8. The number of ether oxygens (including phenoxy) is 1. The van der Waals surface area contributed by atoms with Gasteiger partial charge in [0.15, 0.2) is 0 Å². The molecule has 0 radical (unpaired) electrons. The largest absolute Gasteiger partial charge is 0.497 e. The molecule has 0 spiro atoms. The van der Waals surface area contributed by atoms with Crippen LogP contribution in [-0.2, 0) is 9.59 Å². The number of fused-ring (bicyclic) bond motifs is 1. The summed E-state index contributed by atoms with van der Waals surface area (Å²) in [5, 5.41) is 24.1. The summed E-state index contributed by atoms with van der Waals surface area (Å²) in [7, 11) is 1.60. The molecule has 4 rings (SSSR count). The number of nitrogens with one attached hydrogen (secondary N) is 1. The number of aliphatic hydroxyl groups excluding tert-OH is 1. The van der Waals surface area contributed by atoms with Crippen molar-refractivity contribution in [1.82, 2.24) is 9.88 Å². The molecule has 1 amide bonds. The van der Waals surface area contributed by atoms with Crippen molar-refractivity contribution in [2.24, 2.45) is 11.8 Å². The van der Waals surface area contributed by atoms with Crippen molar-refractivity contribution < 1.29 is 28.9 Å². The summed E-state index contributed by atoms with van der Waals surface area (Å²) in [5.41, 5.74) is 2.39. The Hall–Kier alpha value is -4.00. The molecule has 1 aliphatic heterocycles. The van der Waals surface area contributed by atoms with Gasteiger partial charge < -0.3 is 20.3 Å². The number of carbonyl (C=O) groups is 2. The number of hydrogen-bond acceptors (Lipinski definition) is 6. The third-order valence-corrected chi connectivity index (χ3v) is 7.38. The first-order chi connectivity index (χ1) is 19.2. The number of aromatic nitrogens is 1. The summed E-state index contributed by atoms with van der Waals surface area (Å²) in [4.78, 5) is 29.6. The van der Waals surface area contributed by atoms with Gasteiger partial charge in [-0.2, -0.15) is 0 Å². The number of aliphatic hydroxyl groups is 1. The second-order valence-electron chi connectivity index (χ2n) is 10.2. The van der Waals surface area contributed by atoms with E-state index >= 15 is 0 Å². The summed E-state index contributed by atoms with van der Waals surface area (Å²) in [5.74, 6) is 5.19. The number of amides is 1. The molecule has 1 aromatic heterocycles. The fourth-order valence-electron chi connectivity index (χ4n) is 5.39. The highest BCUT2D eigenvalue weighted by atomic mass is 19.1. The van der Waals surface area contributed by atoms with E-state index in [4.69, 9.17) is 4.74 Å². The van der Waals surface area contributed by atoms with E-state index in [2.05, 4.69) is 27.0 Å². The van der Waals surface area contributed by atoms with Gasteiger partial charge in [0.05, 0.1) is 36.5 Å². The Bertz CT molecular complexity index is 1430. The van der Waals surface area contributed by atoms with Gasteiger partial charge in [0.25, 0.3) is 0 Å². The van der Waals surface area contributed by atoms with E-state index in [0.717, 1.165) is 29.4 Å². The lowest BCUT2D eigenvalue weighted by atomic mass is 9.79. The molecule has 1 saturated heterocycles. The molecule has 2 aromatic carbocycles. The van der Waals surface area contributed by atoms with Crippen molar-refractivity contribution in [3.8, 4) is 17.6 Å². The number of carboxylic acids is 1. The van der Waals surface area contributed by atoms with Gasteiger partial charge in [0.2, 0.25) is 5.91 Å². The molecule has 8 nitrogen and oxygen atoms in total. The molecular weight excluding hydrogens is 513 g/mol. The molecule has 0 bridgehead atoms. The quantitative estimate of drug-likeness (QED) is 0.335. The Labute approximate surface area is 233 Å². The van der Waals surface area contributed by atoms with Crippen LogP contribution in [0.15, 0.2) is 48.7 Å². The van der Waals surface area contributed by atoms with Gasteiger partial charge in [0.1, 0.15) is 11.6 Å². The predicted octanol–water partition coefficient (Wildman–Crippen LogP) is 4.62. The molecule has 3 N–H and O–H groups in total. The number of rotatable bonds is 9. The van der Waals surface area contributed by atoms with E-state index in [1.54, 1.807) is 13.3 Å². The van der Waals surface area contributed by atoms with Gasteiger partial charge in [0, 0.05) is 31.5 Å². The Morgan fingerprint density at radius 2 is 2.05 bits per heavy atom. The fourth-order valence-corrected chi connectivity index (χ4v) is 5.39. The van der Waals surface area contributed by atoms with E-state index in [1.165, 1.54) is 25.1 Å². The second-order valence-corrected chi connectivity index (χ2v) is 10.2. The Balaban J connectivity index is 1.40. The number of methoxy groups -OCH3 is 1. The lowest BCUT2D eigenvalue weighted by Crippen LogP contribution is -2.41. The van der Waals surface area contributed by atoms with E-state index in [9.17, 15) is 24.2 Å². The maximum Gasteiger partial charge on any atom is 0.303 e. The van der Waals surface area contributed by atoms with Crippen LogP contribution < -0.4 is 10.1 Å². The summed E-state index contributed by atoms with van der Waals surface area (Å²) >= 11 is 0. The van der Waals surface area contributed by atoms with Crippen molar-refractivity contribution in [2.75, 3.05) is 32.1 Å². The van der Waals surface area contributed by atoms with Gasteiger partial charge in [-0.05, 0) is 85.7 Å². The number of anilines is 1. The third-order valence-electron chi connectivity index (χ3n) is 7.38. The SMILES string of the molecule is COc1ccc2nccc([C@@H](O)CC[C@@H]3CCN(CC#Cc4cc(F)ccc4NC(C)=O)C[C@@H]3CC(=O)O)c2c1. The predicted molar refractivity (Wildman–Crippen MR) is 150 cm³/mol. The molecule has 9 heteroatoms. The number of benzene rings is 2. The van der Waals surface area contributed by atoms with E-state index in [1.807, 2.05) is 24.3 Å². The lowest BCUT2D eigenvalue weighted by Gasteiger charge is -2.37. The molecule has 40 heavy (non-hydrogen) atoms. The average molecular weight is 548 g/mol. The minimum absolute atomic E-state index is 0.0383. The molecule has 2 heterocycles. The molecule has 0 unspecified atom stereocenters. The molecule has 1 fully saturated rings. The Morgan fingerprint density at radius 3 is 2.80 bits per heavy atom. The van der Waals surface area contributed by atoms with Gasteiger partial charge >= 0.3 is 5.97 Å². The smallest absolute Gasteiger partial charge is 0.303 e. The van der Waals surface area contributed by atoms with Crippen LogP contribution >= 0.6 is 0 Å². The normalized spacial score (nSPS) is 18.0. The van der Waals surface area contributed by atoms with Crippen LogP contribution in [0.2, 0.25) is 0 Å². The number of likely N-dealkylation sites (tertiary alicyclic amines) is 1. The van der Waals surface area contributed by atoms with Gasteiger partial charge in [-0.3, -0.25) is 19.5 Å². The van der Waals surface area contributed by atoms with Crippen molar-refractivity contribution >= 4 is 28.5 Å². The number of carboxylic acid groups (broad SMARTS) is 1. The molecule has 0 saturated carbocycles. The van der Waals surface area contributed by atoms with Crippen LogP contribution in [0.4, 0.5) is 10.1 Å². The van der Waals surface area contributed by atoms with Gasteiger partial charge in [-0.1, -0.05) is 11.8 Å². The number of piperidine rings is 1. The lowest BCUT2D eigenvalue weighted by molar-refractivity contribution is -0.139. The molecule has 0 aliphatic carbocycles. The summed E-state index contributed by atoms with van der Waals surface area (Å²) in [6.45, 7) is 3.08. The van der Waals surface area contributed by atoms with Crippen LogP contribution in [-0.4, -0.2) is 58.7 Å². The van der Waals surface area contributed by atoms with Crippen molar-refractivity contribution in [1.29, 1.82) is 0 Å². The van der Waals surface area contributed by atoms with Crippen LogP contribution in [0.1, 0.15) is 49.8 Å². The monoisotopic (exact) mass is 547 g/mol. The zero-order valence-corrected chi connectivity index (χ0v) is 22.7. The standard InChI is InChI=1S/C31H34FN3O5/c1-20(36)34-28-8-6-24(32)16-22(28)4-3-14-35-15-12-21(23(19-35)17-31(38)39)5-10-30(37)26-11-13-33-29-9-7-25(40-2)18-27(26)29/h6-9,11,13,16,18,21,23,30,37H,5,10,12,14-15,17,19H2,1-2H3,(H,34,36)(H,38,39)/t21-,23+,30+/m1/s1. The highest BCUT2D eigenvalue weighted by Gasteiger charge is 2.31. The average Bonchev–Trinajstić information content (AvgIpc) is 2.92. The first-order valence-corrected chi connectivity index (χ1v) is 13.3. The third kappa shape index (κ3) is 7.56. The summed E-state index contributed by atoms with van der Waals surface area (Å²) in [6.07, 6.45) is 2.99. The number of nitrogens with zero attached hydrogens (tertiary/aromatic N) is 2. The first kappa shape index (κ1) is 29.0. The summed E-state index contributed by atoms with van der Waals surface area (Å²) in [6, 6.07) is 11.4. The number of halogens is 1. The molecule has 3 atom stereocenters. The first-order valence-electron chi connectivity index (χ1n) is 13.3. The summed E-state index contributed by atoms with van der Waals surface area (Å²) < 4.78 is 19.1. The van der Waals surface area contributed by atoms with Crippen LogP contribution in [0.3, 0.4) is 0 Å². The number of pyridine rings is 1. The van der Waals surface area contributed by atoms with Crippen molar-refractivity contribution in [3.05, 3.63) is 65.6 Å². The molecular formula is C31H34FN3O5. The topological polar surface area (TPSA) is 112 Å². The van der Waals surface area contributed by atoms with E-state index < -0.39 is 17.9 Å². The van der Waals surface area contributed by atoms with Crippen LogP contribution in [0, 0.1) is 29.5 Å². The fraction of sp³-hybridized carbons (Fsp3) is 0.387. The maximum atomic E-state index is 13.8. The van der Waals surface area contributed by atoms with Crippen molar-refractivity contribution in [3.63, 3.8) is 0 Å².